The largest absolute Gasteiger partial charge is 0.353 e. The zero-order chi connectivity index (χ0) is 24.5. The molecule has 0 N–H and O–H groups in total. The third kappa shape index (κ3) is 4.68. The minimum absolute atomic E-state index is 0.00929. The van der Waals surface area contributed by atoms with Crippen LogP contribution < -0.4 is 9.80 Å². The summed E-state index contributed by atoms with van der Waals surface area (Å²) >= 11 is 0. The number of carbonyl (C=O) groups excluding carboxylic acids is 2. The molecular formula is C26H35N7O2. The zero-order valence-electron chi connectivity index (χ0n) is 21.0. The maximum absolute atomic E-state index is 13.4. The van der Waals surface area contributed by atoms with Crippen molar-refractivity contribution in [3.05, 3.63) is 41.3 Å². The maximum atomic E-state index is 13.4. The van der Waals surface area contributed by atoms with Gasteiger partial charge in [-0.05, 0) is 57.2 Å². The number of piperidine rings is 1. The summed E-state index contributed by atoms with van der Waals surface area (Å²) in [6, 6.07) is 4.58. The third-order valence-corrected chi connectivity index (χ3v) is 7.52. The van der Waals surface area contributed by atoms with E-state index in [0.717, 1.165) is 37.2 Å². The molecule has 0 spiro atoms. The van der Waals surface area contributed by atoms with E-state index >= 15 is 0 Å². The van der Waals surface area contributed by atoms with Crippen molar-refractivity contribution in [1.29, 1.82) is 0 Å². The molecule has 2 saturated heterocycles. The first kappa shape index (κ1) is 23.5. The predicted octanol–water partition coefficient (Wildman–Crippen LogP) is 2.51. The molecule has 3 aliphatic rings. The molecule has 3 aliphatic heterocycles. The predicted molar refractivity (Wildman–Crippen MR) is 134 cm³/mol. The molecule has 9 nitrogen and oxygen atoms in total. The van der Waals surface area contributed by atoms with Gasteiger partial charge in [0.05, 0.1) is 6.54 Å². The van der Waals surface area contributed by atoms with Crippen LogP contribution in [0.1, 0.15) is 61.6 Å². The lowest BCUT2D eigenvalue weighted by Crippen LogP contribution is -2.49. The number of pyridine rings is 1. The lowest BCUT2D eigenvalue weighted by atomic mass is 9.95. The summed E-state index contributed by atoms with van der Waals surface area (Å²) in [6.45, 7) is 9.80. The van der Waals surface area contributed by atoms with Crippen molar-refractivity contribution in [3.63, 3.8) is 0 Å². The minimum atomic E-state index is -0.00929. The highest BCUT2D eigenvalue weighted by atomic mass is 16.2. The van der Waals surface area contributed by atoms with Crippen molar-refractivity contribution in [2.75, 3.05) is 42.5 Å². The molecule has 2 amide bonds. The van der Waals surface area contributed by atoms with Gasteiger partial charge in [-0.2, -0.15) is 4.98 Å². The second kappa shape index (κ2) is 9.79. The van der Waals surface area contributed by atoms with Crippen LogP contribution in [0, 0.1) is 0 Å². The van der Waals surface area contributed by atoms with Crippen molar-refractivity contribution in [2.24, 2.45) is 0 Å². The molecule has 35 heavy (non-hydrogen) atoms. The molecule has 0 bridgehead atoms. The van der Waals surface area contributed by atoms with E-state index in [9.17, 15) is 9.59 Å². The normalized spacial score (nSPS) is 20.6. The molecule has 2 fully saturated rings. The quantitative estimate of drug-likeness (QED) is 0.654. The molecule has 9 heteroatoms. The molecule has 2 aromatic rings. The Morgan fingerprint density at radius 2 is 1.80 bits per heavy atom. The fraction of sp³-hybridized carbons (Fsp3) is 0.577. The van der Waals surface area contributed by atoms with Crippen molar-refractivity contribution >= 4 is 23.6 Å². The van der Waals surface area contributed by atoms with Crippen LogP contribution >= 0.6 is 0 Å². The second-order valence-electron chi connectivity index (χ2n) is 10.1. The summed E-state index contributed by atoms with van der Waals surface area (Å²) in [6.07, 6.45) is 8.02. The van der Waals surface area contributed by atoms with Gasteiger partial charge in [0.2, 0.25) is 11.9 Å². The molecular weight excluding hydrogens is 442 g/mol. The van der Waals surface area contributed by atoms with Crippen molar-refractivity contribution < 1.29 is 9.59 Å². The van der Waals surface area contributed by atoms with Gasteiger partial charge in [-0.25, -0.2) is 4.98 Å². The van der Waals surface area contributed by atoms with Crippen LogP contribution in [0.3, 0.4) is 0 Å². The monoisotopic (exact) mass is 477 g/mol. The molecule has 5 heterocycles. The van der Waals surface area contributed by atoms with Crippen LogP contribution in [0.15, 0.2) is 24.5 Å². The Morgan fingerprint density at radius 1 is 1.06 bits per heavy atom. The summed E-state index contributed by atoms with van der Waals surface area (Å²) in [5, 5.41) is 0. The van der Waals surface area contributed by atoms with Gasteiger partial charge in [0, 0.05) is 69.7 Å². The standard InChI is InChI=1S/C26H35N7O2/c1-18(2)33-17-22-23(25(33)35)28-26(31-14-12-30(13-15-31)19(3)34)29-24(22)32-11-5-4-6-21(32)16-20-7-9-27-10-8-20/h7-10,18,21H,4-6,11-17H2,1-3H3. The summed E-state index contributed by atoms with van der Waals surface area (Å²) in [4.78, 5) is 47.6. The fourth-order valence-corrected chi connectivity index (χ4v) is 5.46. The molecule has 1 unspecified atom stereocenters. The van der Waals surface area contributed by atoms with Crippen LogP contribution in [0.25, 0.3) is 0 Å². The Bertz CT molecular complexity index is 1080. The molecule has 2 aromatic heterocycles. The van der Waals surface area contributed by atoms with Crippen LogP contribution in [-0.4, -0.2) is 81.4 Å². The molecule has 0 aliphatic carbocycles. The highest BCUT2D eigenvalue weighted by molar-refractivity contribution is 5.98. The van der Waals surface area contributed by atoms with E-state index in [2.05, 4.69) is 26.9 Å². The number of hydrogen-bond donors (Lipinski definition) is 0. The van der Waals surface area contributed by atoms with Gasteiger partial charge in [0.1, 0.15) is 11.5 Å². The van der Waals surface area contributed by atoms with E-state index in [-0.39, 0.29) is 17.9 Å². The van der Waals surface area contributed by atoms with E-state index in [1.165, 1.54) is 12.0 Å². The summed E-state index contributed by atoms with van der Waals surface area (Å²) < 4.78 is 0. The first-order valence-electron chi connectivity index (χ1n) is 12.8. The number of anilines is 2. The summed E-state index contributed by atoms with van der Waals surface area (Å²) in [5.41, 5.74) is 2.76. The molecule has 186 valence electrons. The topological polar surface area (TPSA) is 85.8 Å². The first-order chi connectivity index (χ1) is 16.9. The van der Waals surface area contributed by atoms with Gasteiger partial charge in [0.25, 0.3) is 5.91 Å². The van der Waals surface area contributed by atoms with Crippen molar-refractivity contribution in [2.45, 2.75) is 65.1 Å². The number of rotatable bonds is 5. The number of piperazine rings is 1. The van der Waals surface area contributed by atoms with E-state index in [1.54, 1.807) is 6.92 Å². The van der Waals surface area contributed by atoms with Crippen molar-refractivity contribution in [1.82, 2.24) is 24.8 Å². The van der Waals surface area contributed by atoms with E-state index < -0.39 is 0 Å². The summed E-state index contributed by atoms with van der Waals surface area (Å²) in [7, 11) is 0. The Morgan fingerprint density at radius 3 is 2.49 bits per heavy atom. The number of carbonyl (C=O) groups is 2. The maximum Gasteiger partial charge on any atom is 0.273 e. The van der Waals surface area contributed by atoms with Crippen LogP contribution in [0.4, 0.5) is 11.8 Å². The van der Waals surface area contributed by atoms with E-state index in [0.29, 0.717) is 50.4 Å². The van der Waals surface area contributed by atoms with Gasteiger partial charge in [-0.15, -0.1) is 0 Å². The smallest absolute Gasteiger partial charge is 0.273 e. The Labute approximate surface area is 207 Å². The van der Waals surface area contributed by atoms with Crippen molar-refractivity contribution in [3.8, 4) is 0 Å². The molecule has 0 aromatic carbocycles. The van der Waals surface area contributed by atoms with Gasteiger partial charge in [0.15, 0.2) is 0 Å². The lowest BCUT2D eigenvalue weighted by Gasteiger charge is -2.39. The van der Waals surface area contributed by atoms with Gasteiger partial charge in [-0.3, -0.25) is 14.6 Å². The number of fused-ring (bicyclic) bond motifs is 1. The first-order valence-corrected chi connectivity index (χ1v) is 12.8. The van der Waals surface area contributed by atoms with E-state index in [4.69, 9.17) is 9.97 Å². The average Bonchev–Trinajstić information content (AvgIpc) is 3.21. The van der Waals surface area contributed by atoms with Crippen LogP contribution in [-0.2, 0) is 17.8 Å². The second-order valence-corrected chi connectivity index (χ2v) is 10.1. The molecule has 1 atom stereocenters. The number of aromatic nitrogens is 3. The van der Waals surface area contributed by atoms with Crippen LogP contribution in [0.2, 0.25) is 0 Å². The zero-order valence-corrected chi connectivity index (χ0v) is 21.0. The van der Waals surface area contributed by atoms with E-state index in [1.807, 2.05) is 36.0 Å². The minimum Gasteiger partial charge on any atom is -0.353 e. The Hall–Kier alpha value is -3.23. The molecule has 0 saturated carbocycles. The molecule has 0 radical (unpaired) electrons. The third-order valence-electron chi connectivity index (χ3n) is 7.52. The fourth-order valence-electron chi connectivity index (χ4n) is 5.46. The highest BCUT2D eigenvalue weighted by Crippen LogP contribution is 2.36. The lowest BCUT2D eigenvalue weighted by molar-refractivity contribution is -0.129. The Kier molecular flexibility index (Phi) is 6.58. The SMILES string of the molecule is CC(=O)N1CCN(c2nc3c(c(N4CCCCC4Cc4ccncc4)n2)CN(C(C)C)C3=O)CC1. The van der Waals surface area contributed by atoms with Gasteiger partial charge >= 0.3 is 0 Å². The molecule has 5 rings (SSSR count). The number of hydrogen-bond acceptors (Lipinski definition) is 7. The Balaban J connectivity index is 1.51. The summed E-state index contributed by atoms with van der Waals surface area (Å²) in [5.74, 6) is 1.60. The number of nitrogens with zero attached hydrogens (tertiary/aromatic N) is 7. The average molecular weight is 478 g/mol. The van der Waals surface area contributed by atoms with Gasteiger partial charge in [-0.1, -0.05) is 0 Å². The number of amides is 2. The van der Waals surface area contributed by atoms with Crippen LogP contribution in [0.5, 0.6) is 0 Å². The highest BCUT2D eigenvalue weighted by Gasteiger charge is 2.38. The van der Waals surface area contributed by atoms with Gasteiger partial charge < -0.3 is 19.6 Å².